The molecule has 86 valence electrons. The summed E-state index contributed by atoms with van der Waals surface area (Å²) in [5.41, 5.74) is -1.06. The Kier molecular flexibility index (Phi) is 3.63. The van der Waals surface area contributed by atoms with Crippen LogP contribution in [0.2, 0.25) is 0 Å². The number of carbonyl (C=O) groups is 2. The van der Waals surface area contributed by atoms with Crippen molar-refractivity contribution in [3.05, 3.63) is 30.3 Å². The Morgan fingerprint density at radius 1 is 1.25 bits per heavy atom. The lowest BCUT2D eigenvalue weighted by atomic mass is 10.0. The fourth-order valence-corrected chi connectivity index (χ4v) is 1.10. The monoisotopic (exact) mass is 222 g/mol. The number of likely N-dealkylation sites (N-methyl/N-ethyl adjacent to an activating group) is 1. The first-order valence-corrected chi connectivity index (χ1v) is 4.79. The number of hydrogen-bond donors (Lipinski definition) is 3. The average molecular weight is 222 g/mol. The van der Waals surface area contributed by atoms with Crippen LogP contribution in [0.3, 0.4) is 0 Å². The van der Waals surface area contributed by atoms with Gasteiger partial charge in [-0.05, 0) is 26.1 Å². The Hall–Kier alpha value is -1.88. The number of rotatable bonds is 4. The molecule has 0 bridgehead atoms. The van der Waals surface area contributed by atoms with Gasteiger partial charge in [-0.25, -0.2) is 4.79 Å². The van der Waals surface area contributed by atoms with Crippen LogP contribution < -0.4 is 10.6 Å². The molecule has 0 spiro atoms. The van der Waals surface area contributed by atoms with Crippen LogP contribution in [-0.2, 0) is 9.59 Å². The lowest BCUT2D eigenvalue weighted by Gasteiger charge is -2.22. The molecule has 1 unspecified atom stereocenters. The van der Waals surface area contributed by atoms with Crippen LogP contribution >= 0.6 is 0 Å². The summed E-state index contributed by atoms with van der Waals surface area (Å²) in [6.07, 6.45) is 0. The molecule has 0 aliphatic heterocycles. The third-order valence-electron chi connectivity index (χ3n) is 2.41. The van der Waals surface area contributed by atoms with E-state index in [4.69, 9.17) is 5.11 Å². The van der Waals surface area contributed by atoms with Crippen molar-refractivity contribution < 1.29 is 14.7 Å². The SMILES string of the molecule is CNC(C)(C(=O)O)C(=O)Nc1ccccc1. The van der Waals surface area contributed by atoms with E-state index in [1.54, 1.807) is 24.3 Å². The summed E-state index contributed by atoms with van der Waals surface area (Å²) >= 11 is 0. The Balaban J connectivity index is 2.83. The number of anilines is 1. The normalized spacial score (nSPS) is 13.9. The van der Waals surface area contributed by atoms with E-state index >= 15 is 0 Å². The number of benzene rings is 1. The summed E-state index contributed by atoms with van der Waals surface area (Å²) in [6.45, 7) is 1.31. The molecule has 5 heteroatoms. The fourth-order valence-electron chi connectivity index (χ4n) is 1.10. The van der Waals surface area contributed by atoms with Gasteiger partial charge in [0, 0.05) is 5.69 Å². The smallest absolute Gasteiger partial charge is 0.333 e. The molecule has 0 radical (unpaired) electrons. The van der Waals surface area contributed by atoms with Crippen molar-refractivity contribution in [2.45, 2.75) is 12.5 Å². The maximum Gasteiger partial charge on any atom is 0.333 e. The predicted molar refractivity (Wildman–Crippen MR) is 60.2 cm³/mol. The van der Waals surface area contributed by atoms with Crippen LogP contribution in [0.25, 0.3) is 0 Å². The standard InChI is InChI=1S/C11H14N2O3/c1-11(12-2,10(15)16)9(14)13-8-6-4-3-5-7-8/h3-7,12H,1-2H3,(H,13,14)(H,15,16). The van der Waals surface area contributed by atoms with Crippen molar-refractivity contribution in [1.82, 2.24) is 5.32 Å². The first-order valence-electron chi connectivity index (χ1n) is 4.79. The van der Waals surface area contributed by atoms with E-state index < -0.39 is 17.4 Å². The summed E-state index contributed by atoms with van der Waals surface area (Å²) < 4.78 is 0. The summed E-state index contributed by atoms with van der Waals surface area (Å²) in [4.78, 5) is 22.7. The Morgan fingerprint density at radius 3 is 2.25 bits per heavy atom. The van der Waals surface area contributed by atoms with Gasteiger partial charge < -0.3 is 10.4 Å². The van der Waals surface area contributed by atoms with Gasteiger partial charge in [-0.1, -0.05) is 18.2 Å². The van der Waals surface area contributed by atoms with E-state index in [0.29, 0.717) is 5.69 Å². The van der Waals surface area contributed by atoms with Gasteiger partial charge in [0.15, 0.2) is 5.54 Å². The zero-order chi connectivity index (χ0) is 12.2. The van der Waals surface area contributed by atoms with E-state index in [-0.39, 0.29) is 0 Å². The third kappa shape index (κ3) is 2.38. The molecular weight excluding hydrogens is 208 g/mol. The highest BCUT2D eigenvalue weighted by atomic mass is 16.4. The molecule has 5 nitrogen and oxygen atoms in total. The second kappa shape index (κ2) is 4.76. The Morgan fingerprint density at radius 2 is 1.81 bits per heavy atom. The van der Waals surface area contributed by atoms with Crippen molar-refractivity contribution in [2.24, 2.45) is 0 Å². The van der Waals surface area contributed by atoms with Crippen molar-refractivity contribution >= 4 is 17.6 Å². The molecule has 1 aromatic rings. The third-order valence-corrected chi connectivity index (χ3v) is 2.41. The Bertz CT molecular complexity index is 391. The van der Waals surface area contributed by atoms with Crippen LogP contribution in [0.4, 0.5) is 5.69 Å². The minimum absolute atomic E-state index is 0.565. The van der Waals surface area contributed by atoms with Gasteiger partial charge >= 0.3 is 5.97 Å². The lowest BCUT2D eigenvalue weighted by Crippen LogP contribution is -2.56. The summed E-state index contributed by atoms with van der Waals surface area (Å²) in [5, 5.41) is 14.0. The van der Waals surface area contributed by atoms with Crippen molar-refractivity contribution in [3.63, 3.8) is 0 Å². The van der Waals surface area contributed by atoms with Crippen molar-refractivity contribution in [2.75, 3.05) is 12.4 Å². The molecule has 1 rings (SSSR count). The molecule has 1 amide bonds. The maximum atomic E-state index is 11.8. The molecule has 16 heavy (non-hydrogen) atoms. The van der Waals surface area contributed by atoms with Gasteiger partial charge in [0.25, 0.3) is 5.91 Å². The molecule has 0 fully saturated rings. The van der Waals surface area contributed by atoms with Crippen LogP contribution in [0, 0.1) is 0 Å². The van der Waals surface area contributed by atoms with Crippen molar-refractivity contribution in [3.8, 4) is 0 Å². The van der Waals surface area contributed by atoms with Gasteiger partial charge in [-0.2, -0.15) is 0 Å². The molecule has 1 atom stereocenters. The highest BCUT2D eigenvalue weighted by molar-refractivity contribution is 6.12. The number of nitrogens with one attached hydrogen (secondary N) is 2. The summed E-state index contributed by atoms with van der Waals surface area (Å²) in [5.74, 6) is -1.82. The second-order valence-corrected chi connectivity index (χ2v) is 3.50. The molecule has 0 aliphatic carbocycles. The number of para-hydroxylation sites is 1. The molecule has 0 aromatic heterocycles. The predicted octanol–water partition coefficient (Wildman–Crippen LogP) is 0.688. The molecule has 0 saturated carbocycles. The summed E-state index contributed by atoms with van der Waals surface area (Å²) in [6, 6.07) is 8.70. The number of carbonyl (C=O) groups excluding carboxylic acids is 1. The zero-order valence-corrected chi connectivity index (χ0v) is 9.15. The van der Waals surface area contributed by atoms with E-state index in [1.807, 2.05) is 6.07 Å². The highest BCUT2D eigenvalue weighted by Crippen LogP contribution is 2.10. The first-order chi connectivity index (χ1) is 7.50. The Labute approximate surface area is 93.5 Å². The topological polar surface area (TPSA) is 78.4 Å². The largest absolute Gasteiger partial charge is 0.479 e. The van der Waals surface area contributed by atoms with E-state index in [0.717, 1.165) is 0 Å². The minimum Gasteiger partial charge on any atom is -0.479 e. The molecular formula is C11H14N2O3. The minimum atomic E-state index is -1.63. The van der Waals surface area contributed by atoms with E-state index in [1.165, 1.54) is 14.0 Å². The molecule has 0 saturated heterocycles. The van der Waals surface area contributed by atoms with Gasteiger partial charge in [0.05, 0.1) is 0 Å². The quantitative estimate of drug-likeness (QED) is 0.655. The second-order valence-electron chi connectivity index (χ2n) is 3.50. The van der Waals surface area contributed by atoms with Gasteiger partial charge in [-0.15, -0.1) is 0 Å². The molecule has 1 aromatic carbocycles. The molecule has 0 heterocycles. The first kappa shape index (κ1) is 12.2. The number of carboxylic acid groups (broad SMARTS) is 1. The van der Waals surface area contributed by atoms with Crippen LogP contribution in [-0.4, -0.2) is 29.6 Å². The number of carboxylic acids is 1. The number of aliphatic carboxylic acids is 1. The highest BCUT2D eigenvalue weighted by Gasteiger charge is 2.39. The van der Waals surface area contributed by atoms with Crippen molar-refractivity contribution in [1.29, 1.82) is 0 Å². The van der Waals surface area contributed by atoms with Crippen LogP contribution in [0.1, 0.15) is 6.92 Å². The number of amides is 1. The molecule has 3 N–H and O–H groups in total. The van der Waals surface area contributed by atoms with Gasteiger partial charge in [-0.3, -0.25) is 10.1 Å². The summed E-state index contributed by atoms with van der Waals surface area (Å²) in [7, 11) is 1.43. The van der Waals surface area contributed by atoms with E-state index in [2.05, 4.69) is 10.6 Å². The lowest BCUT2D eigenvalue weighted by molar-refractivity contribution is -0.148. The fraction of sp³-hybridized carbons (Fsp3) is 0.273. The molecule has 0 aliphatic rings. The van der Waals surface area contributed by atoms with Gasteiger partial charge in [0.2, 0.25) is 0 Å². The van der Waals surface area contributed by atoms with Crippen LogP contribution in [0.15, 0.2) is 30.3 Å². The average Bonchev–Trinajstić information content (AvgIpc) is 2.28. The van der Waals surface area contributed by atoms with E-state index in [9.17, 15) is 9.59 Å². The van der Waals surface area contributed by atoms with Gasteiger partial charge in [0.1, 0.15) is 0 Å². The zero-order valence-electron chi connectivity index (χ0n) is 9.15. The maximum absolute atomic E-state index is 11.8. The number of hydrogen-bond acceptors (Lipinski definition) is 3. The van der Waals surface area contributed by atoms with Crippen LogP contribution in [0.5, 0.6) is 0 Å².